The van der Waals surface area contributed by atoms with Crippen LogP contribution >= 0.6 is 0 Å². The van der Waals surface area contributed by atoms with E-state index in [2.05, 4.69) is 0 Å². The minimum Gasteiger partial charge on any atom is -0.490 e. The zero-order valence-corrected chi connectivity index (χ0v) is 11.4. The van der Waals surface area contributed by atoms with Crippen LogP contribution in [0.25, 0.3) is 0 Å². The molecule has 0 saturated heterocycles. The van der Waals surface area contributed by atoms with Crippen molar-refractivity contribution in [1.29, 1.82) is 0 Å². The van der Waals surface area contributed by atoms with E-state index in [1.165, 1.54) is 0 Å². The van der Waals surface area contributed by atoms with Crippen LogP contribution in [0.4, 0.5) is 8.78 Å². The molecule has 0 aliphatic heterocycles. The molecule has 2 fully saturated rings. The quantitative estimate of drug-likeness (QED) is 0.901. The monoisotopic (exact) mass is 282 g/mol. The number of rotatable bonds is 4. The zero-order valence-electron chi connectivity index (χ0n) is 11.4. The van der Waals surface area contributed by atoms with Gasteiger partial charge in [-0.15, -0.1) is 0 Å². The van der Waals surface area contributed by atoms with Crippen molar-refractivity contribution >= 4 is 0 Å². The van der Waals surface area contributed by atoms with Gasteiger partial charge in [0.15, 0.2) is 0 Å². The molecule has 0 spiro atoms. The van der Waals surface area contributed by atoms with Crippen molar-refractivity contribution < 1.29 is 18.6 Å². The lowest BCUT2D eigenvalue weighted by molar-refractivity contribution is -0.0627. The van der Waals surface area contributed by atoms with E-state index in [-0.39, 0.29) is 18.8 Å². The summed E-state index contributed by atoms with van der Waals surface area (Å²) >= 11 is 0. The molecule has 2 saturated carbocycles. The summed E-state index contributed by atoms with van der Waals surface area (Å²) in [4.78, 5) is 0. The van der Waals surface area contributed by atoms with E-state index in [0.29, 0.717) is 18.9 Å². The Morgan fingerprint density at radius 2 is 1.85 bits per heavy atom. The van der Waals surface area contributed by atoms with E-state index < -0.39 is 12.0 Å². The number of aliphatic hydroxyl groups is 1. The summed E-state index contributed by atoms with van der Waals surface area (Å²) in [6.45, 7) is 0. The van der Waals surface area contributed by atoms with Gasteiger partial charge >= 0.3 is 0 Å². The summed E-state index contributed by atoms with van der Waals surface area (Å²) in [6, 6.07) is 7.42. The number of halogens is 2. The van der Waals surface area contributed by atoms with Gasteiger partial charge in [-0.1, -0.05) is 12.1 Å². The smallest absolute Gasteiger partial charge is 0.248 e. The van der Waals surface area contributed by atoms with Crippen LogP contribution in [0, 0.1) is 5.92 Å². The fraction of sp³-hybridized carbons (Fsp3) is 0.625. The van der Waals surface area contributed by atoms with E-state index >= 15 is 0 Å². The number of hydrogen-bond donors (Lipinski definition) is 1. The lowest BCUT2D eigenvalue weighted by Gasteiger charge is -2.31. The molecule has 0 bridgehead atoms. The third kappa shape index (κ3) is 3.29. The summed E-state index contributed by atoms with van der Waals surface area (Å²) in [5.74, 6) is -1.86. The van der Waals surface area contributed by atoms with Gasteiger partial charge in [0.1, 0.15) is 5.75 Å². The van der Waals surface area contributed by atoms with Gasteiger partial charge in [-0.05, 0) is 49.3 Å². The molecule has 0 heterocycles. The highest BCUT2D eigenvalue weighted by Crippen LogP contribution is 2.41. The van der Waals surface area contributed by atoms with Crippen molar-refractivity contribution in [2.75, 3.05) is 0 Å². The van der Waals surface area contributed by atoms with Crippen LogP contribution in [0.1, 0.15) is 50.2 Å². The van der Waals surface area contributed by atoms with E-state index in [1.807, 2.05) is 24.3 Å². The summed E-state index contributed by atoms with van der Waals surface area (Å²) < 4.78 is 32.0. The van der Waals surface area contributed by atoms with Crippen molar-refractivity contribution in [1.82, 2.24) is 0 Å². The van der Waals surface area contributed by atoms with E-state index in [1.54, 1.807) is 0 Å². The predicted molar refractivity (Wildman–Crippen MR) is 72.0 cm³/mol. The second-order valence-electron chi connectivity index (χ2n) is 6.03. The Labute approximate surface area is 117 Å². The fourth-order valence-corrected chi connectivity index (χ4v) is 2.80. The lowest BCUT2D eigenvalue weighted by atomic mass is 9.81. The first-order chi connectivity index (χ1) is 9.53. The molecule has 0 aromatic heterocycles. The second kappa shape index (κ2) is 5.32. The van der Waals surface area contributed by atoms with Gasteiger partial charge < -0.3 is 9.84 Å². The van der Waals surface area contributed by atoms with Crippen LogP contribution < -0.4 is 4.74 Å². The number of aliphatic hydroxyl groups excluding tert-OH is 1. The summed E-state index contributed by atoms with van der Waals surface area (Å²) in [7, 11) is 0. The maximum Gasteiger partial charge on any atom is 0.248 e. The van der Waals surface area contributed by atoms with Gasteiger partial charge in [0.05, 0.1) is 12.2 Å². The molecule has 1 aromatic carbocycles. The molecule has 4 heteroatoms. The Kier molecular flexibility index (Phi) is 3.67. The van der Waals surface area contributed by atoms with Crippen LogP contribution in [0.2, 0.25) is 0 Å². The Morgan fingerprint density at radius 3 is 2.50 bits per heavy atom. The SMILES string of the molecule is OC(c1cccc(OC2CC2)c1)C1CCC(F)(F)CC1. The zero-order chi connectivity index (χ0) is 14.2. The minimum absolute atomic E-state index is 0.0780. The normalized spacial score (nSPS) is 24.4. The van der Waals surface area contributed by atoms with Crippen molar-refractivity contribution in [3.05, 3.63) is 29.8 Å². The van der Waals surface area contributed by atoms with E-state index in [0.717, 1.165) is 24.2 Å². The van der Waals surface area contributed by atoms with Crippen LogP contribution in [0.3, 0.4) is 0 Å². The number of alkyl halides is 2. The van der Waals surface area contributed by atoms with Crippen LogP contribution in [0.5, 0.6) is 5.75 Å². The molecule has 0 radical (unpaired) electrons. The molecule has 110 valence electrons. The first kappa shape index (κ1) is 13.8. The average molecular weight is 282 g/mol. The standard InChI is InChI=1S/C16H20F2O2/c17-16(18)8-6-11(7-9-16)15(19)12-2-1-3-14(10-12)20-13-4-5-13/h1-3,10-11,13,15,19H,4-9H2. The highest BCUT2D eigenvalue weighted by atomic mass is 19.3. The fourth-order valence-electron chi connectivity index (χ4n) is 2.80. The molecule has 2 nitrogen and oxygen atoms in total. The highest BCUT2D eigenvalue weighted by molar-refractivity contribution is 5.30. The van der Waals surface area contributed by atoms with Crippen molar-refractivity contribution in [3.8, 4) is 5.75 Å². The molecule has 2 aliphatic rings. The van der Waals surface area contributed by atoms with Crippen molar-refractivity contribution in [3.63, 3.8) is 0 Å². The molecule has 0 amide bonds. The average Bonchev–Trinajstić information content (AvgIpc) is 3.22. The maximum atomic E-state index is 13.2. The van der Waals surface area contributed by atoms with Crippen LogP contribution in [0.15, 0.2) is 24.3 Å². The van der Waals surface area contributed by atoms with E-state index in [9.17, 15) is 13.9 Å². The third-order valence-corrected chi connectivity index (χ3v) is 4.24. The molecule has 1 N–H and O–H groups in total. The molecular formula is C16H20F2O2. The Balaban J connectivity index is 1.65. The first-order valence-corrected chi connectivity index (χ1v) is 7.36. The van der Waals surface area contributed by atoms with Crippen molar-refractivity contribution in [2.45, 2.75) is 56.7 Å². The number of benzene rings is 1. The molecule has 3 rings (SSSR count). The summed E-state index contributed by atoms with van der Waals surface area (Å²) in [5, 5.41) is 10.4. The predicted octanol–water partition coefficient (Wildman–Crippen LogP) is 4.09. The van der Waals surface area contributed by atoms with Crippen LogP contribution in [-0.4, -0.2) is 17.1 Å². The minimum atomic E-state index is -2.55. The van der Waals surface area contributed by atoms with Gasteiger partial charge in [0.2, 0.25) is 5.92 Å². The molecule has 20 heavy (non-hydrogen) atoms. The summed E-state index contributed by atoms with van der Waals surface area (Å²) in [5.41, 5.74) is 0.776. The Morgan fingerprint density at radius 1 is 1.15 bits per heavy atom. The van der Waals surface area contributed by atoms with Gasteiger partial charge in [-0.3, -0.25) is 0 Å². The topological polar surface area (TPSA) is 29.5 Å². The van der Waals surface area contributed by atoms with Gasteiger partial charge in [0, 0.05) is 12.8 Å². The molecule has 1 atom stereocenters. The van der Waals surface area contributed by atoms with Crippen LogP contribution in [-0.2, 0) is 0 Å². The van der Waals surface area contributed by atoms with E-state index in [4.69, 9.17) is 4.74 Å². The largest absolute Gasteiger partial charge is 0.490 e. The molecule has 1 aromatic rings. The molecule has 1 unspecified atom stereocenters. The lowest BCUT2D eigenvalue weighted by Crippen LogP contribution is -2.27. The number of hydrogen-bond acceptors (Lipinski definition) is 2. The highest BCUT2D eigenvalue weighted by Gasteiger charge is 2.37. The molecular weight excluding hydrogens is 262 g/mol. The van der Waals surface area contributed by atoms with Gasteiger partial charge in [0.25, 0.3) is 0 Å². The van der Waals surface area contributed by atoms with Crippen molar-refractivity contribution in [2.24, 2.45) is 5.92 Å². The molecule has 2 aliphatic carbocycles. The Bertz CT molecular complexity index is 461. The summed E-state index contributed by atoms with van der Waals surface area (Å²) in [6.07, 6.45) is 2.34. The second-order valence-corrected chi connectivity index (χ2v) is 6.03. The third-order valence-electron chi connectivity index (χ3n) is 4.24. The van der Waals surface area contributed by atoms with Gasteiger partial charge in [-0.25, -0.2) is 8.78 Å². The Hall–Kier alpha value is -1.16. The first-order valence-electron chi connectivity index (χ1n) is 7.36. The maximum absolute atomic E-state index is 13.2. The number of ether oxygens (including phenoxy) is 1. The van der Waals surface area contributed by atoms with Gasteiger partial charge in [-0.2, -0.15) is 0 Å².